The highest BCUT2D eigenvalue weighted by Gasteiger charge is 2.29. The number of rotatable bonds is 3. The van der Waals surface area contributed by atoms with Crippen molar-refractivity contribution in [3.8, 4) is 0 Å². The molecular weight excluding hydrogens is 391 g/mol. The molecular formula is C15H14Cl2N2O3S2. The third-order valence-corrected chi connectivity index (χ3v) is 6.39. The summed E-state index contributed by atoms with van der Waals surface area (Å²) < 4.78 is 5.65. The Bertz CT molecular complexity index is 816. The van der Waals surface area contributed by atoms with Crippen LogP contribution in [0, 0.1) is 0 Å². The molecule has 0 spiro atoms. The first-order valence-corrected chi connectivity index (χ1v) is 9.47. The van der Waals surface area contributed by atoms with Crippen LogP contribution < -0.4 is 5.32 Å². The number of likely N-dealkylation sites (N-methyl/N-ethyl adjacent to an activating group) is 1. The minimum atomic E-state index is -0.443. The third kappa shape index (κ3) is 3.32. The molecule has 0 radical (unpaired) electrons. The number of anilines is 1. The summed E-state index contributed by atoms with van der Waals surface area (Å²) in [6.45, 7) is 1.60. The Kier molecular flexibility index (Phi) is 5.17. The van der Waals surface area contributed by atoms with Crippen molar-refractivity contribution >= 4 is 62.8 Å². The summed E-state index contributed by atoms with van der Waals surface area (Å²) in [5.41, 5.74) is 1.69. The van der Waals surface area contributed by atoms with E-state index in [-0.39, 0.29) is 5.91 Å². The number of hydrogen-bond acceptors (Lipinski definition) is 6. The molecule has 1 aliphatic rings. The SMILES string of the molecule is COC(=O)c1c(NC(=O)c2cc(Cl)sc2Cl)sc2c1CCN(C)C2. The van der Waals surface area contributed by atoms with Gasteiger partial charge in [0.2, 0.25) is 0 Å². The summed E-state index contributed by atoms with van der Waals surface area (Å²) in [6.07, 6.45) is 0.744. The smallest absolute Gasteiger partial charge is 0.341 e. The first-order valence-electron chi connectivity index (χ1n) is 7.08. The second kappa shape index (κ2) is 7.01. The van der Waals surface area contributed by atoms with Gasteiger partial charge >= 0.3 is 5.97 Å². The number of carbonyl (C=O) groups excluding carboxylic acids is 2. The van der Waals surface area contributed by atoms with Crippen LogP contribution in [-0.2, 0) is 17.7 Å². The number of ether oxygens (including phenoxy) is 1. The zero-order valence-corrected chi connectivity index (χ0v) is 16.1. The van der Waals surface area contributed by atoms with Gasteiger partial charge in [-0.15, -0.1) is 22.7 Å². The minimum absolute atomic E-state index is 0.297. The van der Waals surface area contributed by atoms with Gasteiger partial charge in [-0.05, 0) is 25.1 Å². The molecule has 128 valence electrons. The summed E-state index contributed by atoms with van der Waals surface area (Å²) in [5, 5.41) is 3.28. The van der Waals surface area contributed by atoms with Gasteiger partial charge in [0, 0.05) is 18.0 Å². The lowest BCUT2D eigenvalue weighted by Gasteiger charge is -2.22. The molecule has 0 saturated heterocycles. The molecule has 3 rings (SSSR count). The zero-order chi connectivity index (χ0) is 17.4. The number of hydrogen-bond donors (Lipinski definition) is 1. The van der Waals surface area contributed by atoms with E-state index in [0.717, 1.165) is 41.3 Å². The molecule has 3 heterocycles. The van der Waals surface area contributed by atoms with E-state index in [1.54, 1.807) is 0 Å². The van der Waals surface area contributed by atoms with Crippen molar-refractivity contribution in [3.63, 3.8) is 0 Å². The molecule has 24 heavy (non-hydrogen) atoms. The predicted octanol–water partition coefficient (Wildman–Crippen LogP) is 4.14. The van der Waals surface area contributed by atoms with E-state index in [2.05, 4.69) is 10.2 Å². The van der Waals surface area contributed by atoms with Crippen LogP contribution in [-0.4, -0.2) is 37.5 Å². The molecule has 0 bridgehead atoms. The molecule has 0 atom stereocenters. The van der Waals surface area contributed by atoms with Gasteiger partial charge in [-0.2, -0.15) is 0 Å². The van der Waals surface area contributed by atoms with Gasteiger partial charge in [-0.25, -0.2) is 4.79 Å². The molecule has 9 heteroatoms. The van der Waals surface area contributed by atoms with Crippen LogP contribution in [0.2, 0.25) is 8.67 Å². The largest absolute Gasteiger partial charge is 0.465 e. The first kappa shape index (κ1) is 17.7. The fourth-order valence-corrected chi connectivity index (χ4v) is 5.37. The number of carbonyl (C=O) groups is 2. The van der Waals surface area contributed by atoms with Crippen LogP contribution >= 0.6 is 45.9 Å². The molecule has 0 aliphatic carbocycles. The van der Waals surface area contributed by atoms with E-state index >= 15 is 0 Å². The number of esters is 1. The van der Waals surface area contributed by atoms with Crippen molar-refractivity contribution in [3.05, 3.63) is 36.3 Å². The maximum absolute atomic E-state index is 12.5. The van der Waals surface area contributed by atoms with E-state index in [4.69, 9.17) is 27.9 Å². The van der Waals surface area contributed by atoms with Crippen molar-refractivity contribution in [1.29, 1.82) is 0 Å². The standard InChI is InChI=1S/C15H14Cl2N2O3S2/c1-19-4-3-7-9(6-19)23-14(11(7)15(21)22-2)18-13(20)8-5-10(16)24-12(8)17/h5H,3-4,6H2,1-2H3,(H,18,20). The van der Waals surface area contributed by atoms with Gasteiger partial charge in [0.05, 0.1) is 22.6 Å². The van der Waals surface area contributed by atoms with E-state index in [9.17, 15) is 9.59 Å². The number of halogens is 2. The highest BCUT2D eigenvalue weighted by Crippen LogP contribution is 2.38. The fraction of sp³-hybridized carbons (Fsp3) is 0.333. The van der Waals surface area contributed by atoms with Gasteiger partial charge < -0.3 is 15.0 Å². The Hall–Kier alpha value is -1.12. The van der Waals surface area contributed by atoms with Crippen LogP contribution in [0.25, 0.3) is 0 Å². The first-order chi connectivity index (χ1) is 11.4. The maximum atomic E-state index is 12.5. The van der Waals surface area contributed by atoms with Gasteiger partial charge in [0.25, 0.3) is 5.91 Å². The minimum Gasteiger partial charge on any atom is -0.465 e. The summed E-state index contributed by atoms with van der Waals surface area (Å²) in [6, 6.07) is 1.52. The van der Waals surface area contributed by atoms with E-state index < -0.39 is 5.97 Å². The quantitative estimate of drug-likeness (QED) is 0.780. The van der Waals surface area contributed by atoms with Crippen molar-refractivity contribution in [2.24, 2.45) is 0 Å². The Labute approximate surface area is 157 Å². The Morgan fingerprint density at radius 1 is 1.33 bits per heavy atom. The number of nitrogens with one attached hydrogen (secondary N) is 1. The third-order valence-electron chi connectivity index (χ3n) is 3.77. The Balaban J connectivity index is 1.96. The lowest BCUT2D eigenvalue weighted by molar-refractivity contribution is 0.0600. The monoisotopic (exact) mass is 404 g/mol. The van der Waals surface area contributed by atoms with E-state index in [0.29, 0.717) is 24.8 Å². The molecule has 1 amide bonds. The molecule has 1 aliphatic heterocycles. The Morgan fingerprint density at radius 2 is 2.08 bits per heavy atom. The molecule has 2 aromatic rings. The number of fused-ring (bicyclic) bond motifs is 1. The maximum Gasteiger partial charge on any atom is 0.341 e. The molecule has 0 aromatic carbocycles. The summed E-state index contributed by atoms with van der Waals surface area (Å²) >= 11 is 14.5. The normalized spacial score (nSPS) is 14.3. The topological polar surface area (TPSA) is 58.6 Å². The number of methoxy groups -OCH3 is 1. The van der Waals surface area contributed by atoms with Crippen molar-refractivity contribution in [2.45, 2.75) is 13.0 Å². The van der Waals surface area contributed by atoms with Gasteiger partial charge in [0.1, 0.15) is 9.34 Å². The van der Waals surface area contributed by atoms with Crippen LogP contribution in [0.1, 0.15) is 31.2 Å². The number of thiophene rings is 2. The van der Waals surface area contributed by atoms with Crippen LogP contribution in [0.15, 0.2) is 6.07 Å². The molecule has 5 nitrogen and oxygen atoms in total. The Morgan fingerprint density at radius 3 is 2.71 bits per heavy atom. The van der Waals surface area contributed by atoms with E-state index in [1.165, 1.54) is 24.5 Å². The van der Waals surface area contributed by atoms with Crippen LogP contribution in [0.5, 0.6) is 0 Å². The van der Waals surface area contributed by atoms with Crippen molar-refractivity contribution in [1.82, 2.24) is 4.90 Å². The lowest BCUT2D eigenvalue weighted by atomic mass is 10.0. The van der Waals surface area contributed by atoms with Crippen molar-refractivity contribution < 1.29 is 14.3 Å². The van der Waals surface area contributed by atoms with E-state index in [1.807, 2.05) is 7.05 Å². The molecule has 0 fully saturated rings. The van der Waals surface area contributed by atoms with Gasteiger partial charge in [-0.3, -0.25) is 4.79 Å². The molecule has 1 N–H and O–H groups in total. The average Bonchev–Trinajstić information content (AvgIpc) is 3.05. The van der Waals surface area contributed by atoms with Gasteiger partial charge in [-0.1, -0.05) is 23.2 Å². The zero-order valence-electron chi connectivity index (χ0n) is 12.9. The molecule has 0 unspecified atom stereocenters. The number of nitrogens with zero attached hydrogens (tertiary/aromatic N) is 1. The summed E-state index contributed by atoms with van der Waals surface area (Å²) in [4.78, 5) is 27.9. The lowest BCUT2D eigenvalue weighted by Crippen LogP contribution is -2.26. The second-order valence-electron chi connectivity index (χ2n) is 5.38. The average molecular weight is 405 g/mol. The predicted molar refractivity (Wildman–Crippen MR) is 98.0 cm³/mol. The van der Waals surface area contributed by atoms with Crippen molar-refractivity contribution in [2.75, 3.05) is 26.0 Å². The summed E-state index contributed by atoms with van der Waals surface area (Å²) in [5.74, 6) is -0.831. The highest BCUT2D eigenvalue weighted by atomic mass is 35.5. The van der Waals surface area contributed by atoms with Gasteiger partial charge in [0.15, 0.2) is 0 Å². The number of amides is 1. The summed E-state index contributed by atoms with van der Waals surface area (Å²) in [7, 11) is 3.36. The van der Waals surface area contributed by atoms with Crippen LogP contribution in [0.3, 0.4) is 0 Å². The second-order valence-corrected chi connectivity index (χ2v) is 8.77. The fourth-order valence-electron chi connectivity index (χ4n) is 2.60. The molecule has 2 aromatic heterocycles. The highest BCUT2D eigenvalue weighted by molar-refractivity contribution is 7.20. The van der Waals surface area contributed by atoms with Crippen LogP contribution in [0.4, 0.5) is 5.00 Å². The molecule has 0 saturated carbocycles.